The summed E-state index contributed by atoms with van der Waals surface area (Å²) in [5, 5.41) is 3.21. The number of nitrogens with zero attached hydrogens (tertiary/aromatic N) is 1. The Labute approximate surface area is 115 Å². The zero-order chi connectivity index (χ0) is 13.8. The number of hydrogen-bond donors (Lipinski definition) is 1. The van der Waals surface area contributed by atoms with E-state index in [1.165, 1.54) is 0 Å². The Morgan fingerprint density at radius 3 is 2.44 bits per heavy atom. The zero-order valence-corrected chi connectivity index (χ0v) is 13.0. The highest BCUT2D eigenvalue weighted by molar-refractivity contribution is 7.09. The fourth-order valence-electron chi connectivity index (χ4n) is 2.02. The number of hydrogen-bond acceptors (Lipinski definition) is 4. The number of rotatable bonds is 7. The molecule has 0 saturated carbocycles. The molecule has 0 bridgehead atoms. The fraction of sp³-hybridized carbons (Fsp3) is 0.786. The molecule has 2 N–H and O–H groups in total. The molecule has 1 unspecified atom stereocenters. The van der Waals surface area contributed by atoms with Crippen molar-refractivity contribution in [1.82, 2.24) is 4.98 Å². The van der Waals surface area contributed by atoms with Gasteiger partial charge in [0, 0.05) is 25.0 Å². The third kappa shape index (κ3) is 3.31. The van der Waals surface area contributed by atoms with Crippen LogP contribution in [0, 0.1) is 5.92 Å². The van der Waals surface area contributed by atoms with E-state index < -0.39 is 0 Å². The lowest BCUT2D eigenvalue weighted by Gasteiger charge is -2.27. The smallest absolute Gasteiger partial charge is 0.125 e. The molecule has 0 spiro atoms. The van der Waals surface area contributed by atoms with Gasteiger partial charge < -0.3 is 10.5 Å². The van der Waals surface area contributed by atoms with Crippen LogP contribution in [-0.2, 0) is 16.8 Å². The maximum Gasteiger partial charge on any atom is 0.125 e. The van der Waals surface area contributed by atoms with E-state index in [2.05, 4.69) is 33.1 Å². The molecule has 4 heteroatoms. The highest BCUT2D eigenvalue weighted by Gasteiger charge is 2.31. The minimum Gasteiger partial charge on any atom is -0.371 e. The molecule has 1 rings (SSSR count). The van der Waals surface area contributed by atoms with Crippen molar-refractivity contribution < 1.29 is 4.74 Å². The van der Waals surface area contributed by atoms with Gasteiger partial charge in [-0.05, 0) is 18.8 Å². The standard InChI is InChI=1S/C14H26N2OS/c1-6-14(7-2,17-5)13-16-11(9-18-13)8-12(15)10(3)4/h9-10,12H,6-8,15H2,1-5H3. The second-order valence-electron chi connectivity index (χ2n) is 5.16. The SMILES string of the molecule is CCC(CC)(OC)c1nc(CC(N)C(C)C)cs1. The van der Waals surface area contributed by atoms with E-state index in [0.29, 0.717) is 5.92 Å². The number of thiazole rings is 1. The maximum atomic E-state index is 6.10. The average molecular weight is 270 g/mol. The van der Waals surface area contributed by atoms with Crippen LogP contribution in [0.25, 0.3) is 0 Å². The van der Waals surface area contributed by atoms with Crippen LogP contribution < -0.4 is 5.73 Å². The minimum atomic E-state index is -0.217. The van der Waals surface area contributed by atoms with Crippen LogP contribution in [0.3, 0.4) is 0 Å². The molecule has 0 radical (unpaired) electrons. The van der Waals surface area contributed by atoms with Crippen molar-refractivity contribution in [2.24, 2.45) is 11.7 Å². The lowest BCUT2D eigenvalue weighted by atomic mass is 9.98. The Balaban J connectivity index is 2.85. The third-order valence-electron chi connectivity index (χ3n) is 3.78. The summed E-state index contributed by atoms with van der Waals surface area (Å²) in [5.41, 5.74) is 6.98. The number of methoxy groups -OCH3 is 1. The molecule has 18 heavy (non-hydrogen) atoms. The lowest BCUT2D eigenvalue weighted by molar-refractivity contribution is -0.0219. The quantitative estimate of drug-likeness (QED) is 0.826. The summed E-state index contributed by atoms with van der Waals surface area (Å²) in [4.78, 5) is 4.73. The molecular formula is C14H26N2OS. The molecule has 1 heterocycles. The van der Waals surface area contributed by atoms with Crippen molar-refractivity contribution in [3.63, 3.8) is 0 Å². The van der Waals surface area contributed by atoms with Crippen molar-refractivity contribution in [3.05, 3.63) is 16.1 Å². The number of aromatic nitrogens is 1. The molecular weight excluding hydrogens is 244 g/mol. The van der Waals surface area contributed by atoms with Gasteiger partial charge in [-0.2, -0.15) is 0 Å². The minimum absolute atomic E-state index is 0.181. The van der Waals surface area contributed by atoms with Gasteiger partial charge >= 0.3 is 0 Å². The van der Waals surface area contributed by atoms with E-state index in [4.69, 9.17) is 15.5 Å². The van der Waals surface area contributed by atoms with Gasteiger partial charge in [0.15, 0.2) is 0 Å². The van der Waals surface area contributed by atoms with Crippen molar-refractivity contribution in [2.45, 2.75) is 58.6 Å². The first-order valence-corrected chi connectivity index (χ1v) is 7.62. The van der Waals surface area contributed by atoms with Crippen LogP contribution in [0.5, 0.6) is 0 Å². The lowest BCUT2D eigenvalue weighted by Crippen LogP contribution is -2.29. The van der Waals surface area contributed by atoms with Crippen molar-refractivity contribution in [1.29, 1.82) is 0 Å². The van der Waals surface area contributed by atoms with Crippen molar-refractivity contribution in [3.8, 4) is 0 Å². The van der Waals surface area contributed by atoms with Gasteiger partial charge in [-0.1, -0.05) is 27.7 Å². The highest BCUT2D eigenvalue weighted by Crippen LogP contribution is 2.34. The molecule has 0 fully saturated rings. The van der Waals surface area contributed by atoms with Crippen LogP contribution >= 0.6 is 11.3 Å². The van der Waals surface area contributed by atoms with Crippen LogP contribution in [-0.4, -0.2) is 18.1 Å². The Morgan fingerprint density at radius 1 is 1.39 bits per heavy atom. The molecule has 1 aromatic heterocycles. The summed E-state index contributed by atoms with van der Waals surface area (Å²) in [7, 11) is 1.77. The molecule has 3 nitrogen and oxygen atoms in total. The summed E-state index contributed by atoms with van der Waals surface area (Å²) in [6.45, 7) is 8.59. The van der Waals surface area contributed by atoms with Crippen LogP contribution in [0.15, 0.2) is 5.38 Å². The Bertz CT molecular complexity index is 350. The average Bonchev–Trinajstić information content (AvgIpc) is 2.81. The van der Waals surface area contributed by atoms with E-state index in [1.807, 2.05) is 0 Å². The molecule has 1 atom stereocenters. The zero-order valence-electron chi connectivity index (χ0n) is 12.2. The predicted molar refractivity (Wildman–Crippen MR) is 77.9 cm³/mol. The first-order chi connectivity index (χ1) is 8.49. The number of ether oxygens (including phenoxy) is 1. The molecule has 0 aliphatic rings. The summed E-state index contributed by atoms with van der Waals surface area (Å²) in [5.74, 6) is 0.486. The predicted octanol–water partition coefficient (Wildman–Crippen LogP) is 3.33. The molecule has 0 saturated heterocycles. The van der Waals surface area contributed by atoms with Gasteiger partial charge in [-0.15, -0.1) is 11.3 Å². The summed E-state index contributed by atoms with van der Waals surface area (Å²) >= 11 is 1.69. The molecule has 0 aromatic carbocycles. The van der Waals surface area contributed by atoms with Gasteiger partial charge in [0.05, 0.1) is 5.69 Å². The van der Waals surface area contributed by atoms with E-state index in [9.17, 15) is 0 Å². The Kier molecular flexibility index (Phi) is 5.76. The van der Waals surface area contributed by atoms with E-state index in [0.717, 1.165) is 30.0 Å². The number of nitrogens with two attached hydrogens (primary N) is 1. The first-order valence-electron chi connectivity index (χ1n) is 6.74. The van der Waals surface area contributed by atoms with Gasteiger partial charge in [-0.25, -0.2) is 4.98 Å². The van der Waals surface area contributed by atoms with Crippen LogP contribution in [0.4, 0.5) is 0 Å². The molecule has 0 aliphatic heterocycles. The summed E-state index contributed by atoms with van der Waals surface area (Å²) < 4.78 is 5.70. The normalized spacial score (nSPS) is 14.2. The van der Waals surface area contributed by atoms with E-state index in [-0.39, 0.29) is 11.6 Å². The second kappa shape index (κ2) is 6.64. The highest BCUT2D eigenvalue weighted by atomic mass is 32.1. The monoisotopic (exact) mass is 270 g/mol. The van der Waals surface area contributed by atoms with Gasteiger partial charge in [0.1, 0.15) is 10.6 Å². The molecule has 0 amide bonds. The second-order valence-corrected chi connectivity index (χ2v) is 6.02. The van der Waals surface area contributed by atoms with Crippen molar-refractivity contribution in [2.75, 3.05) is 7.11 Å². The Hall–Kier alpha value is -0.450. The van der Waals surface area contributed by atoms with Gasteiger partial charge in [0.2, 0.25) is 0 Å². The maximum absolute atomic E-state index is 6.10. The summed E-state index contributed by atoms with van der Waals surface area (Å²) in [6.07, 6.45) is 2.74. The van der Waals surface area contributed by atoms with Crippen molar-refractivity contribution >= 4 is 11.3 Å². The van der Waals surface area contributed by atoms with Gasteiger partial charge in [0.25, 0.3) is 0 Å². The van der Waals surface area contributed by atoms with Crippen LogP contribution in [0.1, 0.15) is 51.2 Å². The van der Waals surface area contributed by atoms with Crippen LogP contribution in [0.2, 0.25) is 0 Å². The largest absolute Gasteiger partial charge is 0.371 e. The first kappa shape index (κ1) is 15.6. The molecule has 104 valence electrons. The molecule has 1 aromatic rings. The molecule has 0 aliphatic carbocycles. The summed E-state index contributed by atoms with van der Waals surface area (Å²) in [6, 6.07) is 0.181. The third-order valence-corrected chi connectivity index (χ3v) is 4.85. The topological polar surface area (TPSA) is 48.1 Å². The Morgan fingerprint density at radius 2 is 2.00 bits per heavy atom. The fourth-order valence-corrected chi connectivity index (χ4v) is 3.17. The van der Waals surface area contributed by atoms with E-state index >= 15 is 0 Å². The van der Waals surface area contributed by atoms with E-state index in [1.54, 1.807) is 18.4 Å². The van der Waals surface area contributed by atoms with Gasteiger partial charge in [-0.3, -0.25) is 0 Å².